The standard InChI is InChI=1S/C16H9BrN2O2S/c17-8-5-6-11-10(7-8)14(19-21)15(18-11)13-9-3-1-2-4-12(9)22-16(13)20/h1-7,18,20H. The number of aromatic amines is 1. The van der Waals surface area contributed by atoms with Crippen LogP contribution in [-0.2, 0) is 0 Å². The summed E-state index contributed by atoms with van der Waals surface area (Å²) in [5.41, 5.74) is 2.30. The van der Waals surface area contributed by atoms with Crippen molar-refractivity contribution in [1.82, 2.24) is 4.98 Å². The van der Waals surface area contributed by atoms with E-state index in [1.165, 1.54) is 11.3 Å². The van der Waals surface area contributed by atoms with Gasteiger partial charge in [-0.2, -0.15) is 0 Å². The van der Waals surface area contributed by atoms with Gasteiger partial charge in [0.15, 0.2) is 5.06 Å². The van der Waals surface area contributed by atoms with Crippen molar-refractivity contribution in [2.45, 2.75) is 0 Å². The molecule has 0 unspecified atom stereocenters. The first kappa shape index (κ1) is 13.5. The predicted molar refractivity (Wildman–Crippen MR) is 93.9 cm³/mol. The number of rotatable bonds is 2. The Labute approximate surface area is 137 Å². The molecule has 0 radical (unpaired) electrons. The zero-order valence-corrected chi connectivity index (χ0v) is 13.5. The maximum Gasteiger partial charge on any atom is 0.181 e. The molecule has 108 valence electrons. The number of hydrogen-bond donors (Lipinski definition) is 2. The van der Waals surface area contributed by atoms with Crippen LogP contribution in [0.5, 0.6) is 5.06 Å². The van der Waals surface area contributed by atoms with Gasteiger partial charge < -0.3 is 10.1 Å². The minimum atomic E-state index is 0.178. The second-order valence-electron chi connectivity index (χ2n) is 4.91. The molecule has 4 nitrogen and oxygen atoms in total. The largest absolute Gasteiger partial charge is 0.499 e. The summed E-state index contributed by atoms with van der Waals surface area (Å²) in [6, 6.07) is 13.3. The molecule has 0 amide bonds. The van der Waals surface area contributed by atoms with Crippen LogP contribution in [0.4, 0.5) is 5.69 Å². The first-order chi connectivity index (χ1) is 10.7. The van der Waals surface area contributed by atoms with E-state index in [2.05, 4.69) is 26.1 Å². The molecule has 4 rings (SSSR count). The first-order valence-corrected chi connectivity index (χ1v) is 8.15. The molecule has 0 aliphatic carbocycles. The summed E-state index contributed by atoms with van der Waals surface area (Å²) in [7, 11) is 0. The van der Waals surface area contributed by atoms with E-state index < -0.39 is 0 Å². The van der Waals surface area contributed by atoms with Crippen molar-refractivity contribution < 1.29 is 5.11 Å². The number of benzene rings is 2. The molecule has 6 heteroatoms. The highest BCUT2D eigenvalue weighted by Gasteiger charge is 2.21. The molecule has 0 aliphatic rings. The number of hydrogen-bond acceptors (Lipinski definition) is 4. The maximum absolute atomic E-state index is 11.4. The third-order valence-corrected chi connectivity index (χ3v) is 5.12. The van der Waals surface area contributed by atoms with Crippen LogP contribution in [0.25, 0.3) is 32.2 Å². The SMILES string of the molecule is O=Nc1c(-c2c(O)sc3ccccc23)[nH]c2ccc(Br)cc12. The Kier molecular flexibility index (Phi) is 3.02. The quantitative estimate of drug-likeness (QED) is 0.429. The van der Waals surface area contributed by atoms with Crippen molar-refractivity contribution in [2.75, 3.05) is 0 Å². The number of fused-ring (bicyclic) bond motifs is 2. The van der Waals surface area contributed by atoms with Crippen molar-refractivity contribution in [1.29, 1.82) is 0 Å². The Morgan fingerprint density at radius 2 is 1.95 bits per heavy atom. The van der Waals surface area contributed by atoms with Gasteiger partial charge in [-0.3, -0.25) is 0 Å². The van der Waals surface area contributed by atoms with E-state index in [4.69, 9.17) is 0 Å². The third kappa shape index (κ3) is 1.88. The number of nitrogens with zero attached hydrogens (tertiary/aromatic N) is 1. The van der Waals surface area contributed by atoms with Gasteiger partial charge in [0.05, 0.1) is 11.3 Å². The number of H-pyrrole nitrogens is 1. The van der Waals surface area contributed by atoms with Crippen LogP contribution < -0.4 is 0 Å². The number of aromatic hydroxyl groups is 1. The number of halogens is 1. The van der Waals surface area contributed by atoms with Crippen molar-refractivity contribution in [3.8, 4) is 16.3 Å². The van der Waals surface area contributed by atoms with Gasteiger partial charge in [-0.1, -0.05) is 45.5 Å². The van der Waals surface area contributed by atoms with Crippen molar-refractivity contribution >= 4 is 53.9 Å². The lowest BCUT2D eigenvalue weighted by molar-refractivity contribution is 0.493. The highest BCUT2D eigenvalue weighted by Crippen LogP contribution is 2.48. The highest BCUT2D eigenvalue weighted by molar-refractivity contribution is 9.10. The Morgan fingerprint density at radius 3 is 2.77 bits per heavy atom. The monoisotopic (exact) mass is 372 g/mol. The zero-order valence-electron chi connectivity index (χ0n) is 11.1. The fourth-order valence-electron chi connectivity index (χ4n) is 2.70. The van der Waals surface area contributed by atoms with Crippen LogP contribution >= 0.6 is 27.3 Å². The number of thiophene rings is 1. The second kappa shape index (κ2) is 4.93. The molecule has 0 saturated heterocycles. The fourth-order valence-corrected chi connectivity index (χ4v) is 4.01. The molecule has 2 aromatic heterocycles. The normalized spacial score (nSPS) is 11.3. The van der Waals surface area contributed by atoms with Crippen LogP contribution in [-0.4, -0.2) is 10.1 Å². The van der Waals surface area contributed by atoms with E-state index in [0.29, 0.717) is 16.9 Å². The number of nitrogens with one attached hydrogen (secondary N) is 1. The molecular weight excluding hydrogens is 364 g/mol. The Morgan fingerprint density at radius 1 is 1.14 bits per heavy atom. The van der Waals surface area contributed by atoms with Crippen molar-refractivity contribution in [3.05, 3.63) is 51.8 Å². The van der Waals surface area contributed by atoms with Crippen LogP contribution in [0.3, 0.4) is 0 Å². The van der Waals surface area contributed by atoms with Crippen molar-refractivity contribution in [3.63, 3.8) is 0 Å². The molecule has 2 heterocycles. The smallest absolute Gasteiger partial charge is 0.181 e. The number of aromatic nitrogens is 1. The van der Waals surface area contributed by atoms with Gasteiger partial charge in [-0.05, 0) is 29.4 Å². The molecule has 0 atom stereocenters. The van der Waals surface area contributed by atoms with Gasteiger partial charge in [0.1, 0.15) is 5.69 Å². The van der Waals surface area contributed by atoms with Crippen molar-refractivity contribution in [2.24, 2.45) is 5.18 Å². The molecule has 0 aliphatic heterocycles. The molecule has 2 aromatic carbocycles. The molecule has 0 bridgehead atoms. The lowest BCUT2D eigenvalue weighted by atomic mass is 10.1. The van der Waals surface area contributed by atoms with E-state index in [1.807, 2.05) is 42.5 Å². The van der Waals surface area contributed by atoms with Crippen LogP contribution in [0.15, 0.2) is 52.1 Å². The summed E-state index contributed by atoms with van der Waals surface area (Å²) in [6.45, 7) is 0. The molecule has 4 aromatic rings. The molecular formula is C16H9BrN2O2S. The second-order valence-corrected chi connectivity index (χ2v) is 6.85. The van der Waals surface area contributed by atoms with E-state index in [0.717, 1.165) is 25.5 Å². The minimum Gasteiger partial charge on any atom is -0.499 e. The lowest BCUT2D eigenvalue weighted by Crippen LogP contribution is -1.76. The predicted octanol–water partition coefficient (Wildman–Crippen LogP) is 5.92. The fraction of sp³-hybridized carbons (Fsp3) is 0. The summed E-state index contributed by atoms with van der Waals surface area (Å²) < 4.78 is 1.83. The van der Waals surface area contributed by atoms with Crippen LogP contribution in [0.1, 0.15) is 0 Å². The Hall–Kier alpha value is -2.18. The summed E-state index contributed by atoms with van der Waals surface area (Å²) in [6.07, 6.45) is 0. The molecule has 22 heavy (non-hydrogen) atoms. The highest BCUT2D eigenvalue weighted by atomic mass is 79.9. The van der Waals surface area contributed by atoms with Crippen LogP contribution in [0, 0.1) is 4.91 Å². The molecule has 0 spiro atoms. The lowest BCUT2D eigenvalue weighted by Gasteiger charge is -1.98. The Bertz CT molecular complexity index is 1040. The van der Waals surface area contributed by atoms with E-state index in [1.54, 1.807) is 0 Å². The third-order valence-electron chi connectivity index (χ3n) is 3.65. The van der Waals surface area contributed by atoms with Crippen LogP contribution in [0.2, 0.25) is 0 Å². The van der Waals surface area contributed by atoms with Gasteiger partial charge in [-0.25, -0.2) is 0 Å². The topological polar surface area (TPSA) is 65.4 Å². The Balaban J connectivity index is 2.12. The first-order valence-electron chi connectivity index (χ1n) is 6.54. The minimum absolute atomic E-state index is 0.178. The van der Waals surface area contributed by atoms with Gasteiger partial charge in [0.25, 0.3) is 0 Å². The average Bonchev–Trinajstić information content (AvgIpc) is 3.02. The summed E-state index contributed by atoms with van der Waals surface area (Å²) >= 11 is 4.69. The van der Waals surface area contributed by atoms with Gasteiger partial charge in [0.2, 0.25) is 0 Å². The average molecular weight is 373 g/mol. The summed E-state index contributed by atoms with van der Waals surface area (Å²) in [4.78, 5) is 14.6. The summed E-state index contributed by atoms with van der Waals surface area (Å²) in [5, 5.41) is 15.3. The van der Waals surface area contributed by atoms with Gasteiger partial charge >= 0.3 is 0 Å². The zero-order chi connectivity index (χ0) is 15.3. The molecule has 2 N–H and O–H groups in total. The van der Waals surface area contributed by atoms with E-state index >= 15 is 0 Å². The van der Waals surface area contributed by atoms with Gasteiger partial charge in [-0.15, -0.1) is 4.91 Å². The molecule has 0 saturated carbocycles. The molecule has 0 fully saturated rings. The van der Waals surface area contributed by atoms with E-state index in [9.17, 15) is 10.0 Å². The maximum atomic E-state index is 11.4. The summed E-state index contributed by atoms with van der Waals surface area (Å²) in [5.74, 6) is 0. The van der Waals surface area contributed by atoms with Gasteiger partial charge in [0, 0.05) is 25.5 Å². The number of nitroso groups, excluding NO2 is 1. The van der Waals surface area contributed by atoms with E-state index in [-0.39, 0.29) is 5.06 Å².